The lowest BCUT2D eigenvalue weighted by Gasteiger charge is -2.35. The molecule has 21 heavy (non-hydrogen) atoms. The quantitative estimate of drug-likeness (QED) is 0.638. The Hall–Kier alpha value is -1.04. The third kappa shape index (κ3) is 3.99. The molecule has 0 radical (unpaired) electrons. The predicted octanol–water partition coefficient (Wildman–Crippen LogP) is 4.25. The lowest BCUT2D eigenvalue weighted by Crippen LogP contribution is -2.40. The van der Waals surface area contributed by atoms with Crippen molar-refractivity contribution in [2.75, 3.05) is 11.9 Å². The largest absolute Gasteiger partial charge is 0.388 e. The number of aliphatic hydroxyl groups is 1. The minimum Gasteiger partial charge on any atom is -0.388 e. The van der Waals surface area contributed by atoms with Crippen LogP contribution in [0, 0.1) is 16.0 Å². The van der Waals surface area contributed by atoms with Crippen LogP contribution in [0.25, 0.3) is 0 Å². The second-order valence-corrected chi connectivity index (χ2v) is 6.62. The molecule has 1 fully saturated rings. The molecular formula is C14H18Cl2N2O3. The molecule has 0 spiro atoms. The third-order valence-corrected chi connectivity index (χ3v) is 4.63. The lowest BCUT2D eigenvalue weighted by molar-refractivity contribution is -0.384. The van der Waals surface area contributed by atoms with E-state index in [9.17, 15) is 15.2 Å². The zero-order chi connectivity index (χ0) is 15.6. The van der Waals surface area contributed by atoms with Gasteiger partial charge in [-0.3, -0.25) is 10.1 Å². The van der Waals surface area contributed by atoms with Gasteiger partial charge < -0.3 is 10.4 Å². The van der Waals surface area contributed by atoms with Crippen LogP contribution in [-0.4, -0.2) is 22.2 Å². The van der Waals surface area contributed by atoms with E-state index in [0.29, 0.717) is 18.2 Å². The average Bonchev–Trinajstić information content (AvgIpc) is 2.41. The summed E-state index contributed by atoms with van der Waals surface area (Å²) < 4.78 is 0. The van der Waals surface area contributed by atoms with E-state index < -0.39 is 10.5 Å². The molecule has 5 nitrogen and oxygen atoms in total. The van der Waals surface area contributed by atoms with Crippen molar-refractivity contribution < 1.29 is 10.0 Å². The summed E-state index contributed by atoms with van der Waals surface area (Å²) in [6.07, 6.45) is 3.42. The van der Waals surface area contributed by atoms with Crippen LogP contribution >= 0.6 is 23.2 Å². The van der Waals surface area contributed by atoms with Crippen molar-refractivity contribution in [1.82, 2.24) is 0 Å². The van der Waals surface area contributed by atoms with E-state index in [4.69, 9.17) is 23.2 Å². The molecule has 1 aromatic rings. The van der Waals surface area contributed by atoms with Crippen molar-refractivity contribution in [3.63, 3.8) is 0 Å². The molecule has 0 saturated heterocycles. The summed E-state index contributed by atoms with van der Waals surface area (Å²) in [4.78, 5) is 10.2. The minimum absolute atomic E-state index is 0.152. The molecule has 0 aromatic heterocycles. The first-order valence-electron chi connectivity index (χ1n) is 6.90. The maximum absolute atomic E-state index is 10.7. The first-order chi connectivity index (χ1) is 9.81. The number of hydrogen-bond acceptors (Lipinski definition) is 4. The maximum Gasteiger partial charge on any atom is 0.272 e. The van der Waals surface area contributed by atoms with E-state index in [1.165, 1.54) is 12.1 Å². The Bertz CT molecular complexity index is 520. The number of nitrogens with one attached hydrogen (secondary N) is 1. The van der Waals surface area contributed by atoms with Crippen LogP contribution in [-0.2, 0) is 0 Å². The van der Waals surface area contributed by atoms with Gasteiger partial charge in [-0.15, -0.1) is 0 Å². The predicted molar refractivity (Wildman–Crippen MR) is 84.2 cm³/mol. The van der Waals surface area contributed by atoms with Gasteiger partial charge in [0.05, 0.1) is 26.3 Å². The van der Waals surface area contributed by atoms with Crippen LogP contribution in [0.5, 0.6) is 0 Å². The second kappa shape index (κ2) is 6.38. The Balaban J connectivity index is 2.08. The number of hydrogen-bond donors (Lipinski definition) is 2. The van der Waals surface area contributed by atoms with Crippen molar-refractivity contribution in [2.45, 2.75) is 38.2 Å². The molecule has 116 valence electrons. The van der Waals surface area contributed by atoms with Gasteiger partial charge in [-0.2, -0.15) is 0 Å². The second-order valence-electron chi connectivity index (χ2n) is 5.80. The van der Waals surface area contributed by atoms with Crippen LogP contribution in [0.1, 0.15) is 32.6 Å². The Labute approximate surface area is 133 Å². The van der Waals surface area contributed by atoms with Gasteiger partial charge >= 0.3 is 0 Å². The molecule has 0 heterocycles. The van der Waals surface area contributed by atoms with Crippen molar-refractivity contribution in [3.8, 4) is 0 Å². The fraction of sp³-hybridized carbons (Fsp3) is 0.571. The molecule has 2 N–H and O–H groups in total. The summed E-state index contributed by atoms with van der Waals surface area (Å²) in [5.74, 6) is 0.636. The van der Waals surface area contributed by atoms with Crippen molar-refractivity contribution >= 4 is 34.6 Å². The molecule has 2 rings (SSSR count). The number of rotatable bonds is 4. The normalized spacial score (nSPS) is 25.6. The summed E-state index contributed by atoms with van der Waals surface area (Å²) in [6.45, 7) is 2.51. The zero-order valence-electron chi connectivity index (χ0n) is 11.7. The van der Waals surface area contributed by atoms with Crippen LogP contribution < -0.4 is 5.32 Å². The number of nitro benzene ring substituents is 1. The molecule has 1 aliphatic carbocycles. The highest BCUT2D eigenvalue weighted by molar-refractivity contribution is 6.39. The van der Waals surface area contributed by atoms with E-state index in [-0.39, 0.29) is 15.7 Å². The molecule has 1 saturated carbocycles. The van der Waals surface area contributed by atoms with Gasteiger partial charge in [0.1, 0.15) is 0 Å². The Morgan fingerprint density at radius 2 is 1.90 bits per heavy atom. The van der Waals surface area contributed by atoms with E-state index in [1.54, 1.807) is 0 Å². The molecular weight excluding hydrogens is 315 g/mol. The van der Waals surface area contributed by atoms with E-state index in [1.807, 2.05) is 0 Å². The van der Waals surface area contributed by atoms with E-state index in [0.717, 1.165) is 25.7 Å². The number of nitrogens with zero attached hydrogens (tertiary/aromatic N) is 1. The Kier molecular flexibility index (Phi) is 4.96. The van der Waals surface area contributed by atoms with Crippen molar-refractivity contribution in [3.05, 3.63) is 32.3 Å². The summed E-state index contributed by atoms with van der Waals surface area (Å²) in [7, 11) is 0. The number of benzene rings is 1. The minimum atomic E-state index is -0.777. The van der Waals surface area contributed by atoms with Gasteiger partial charge in [-0.25, -0.2) is 0 Å². The van der Waals surface area contributed by atoms with Gasteiger partial charge in [0.25, 0.3) is 5.69 Å². The SMILES string of the molecule is CC1CCC(O)(CNc2c(Cl)cc([N+](=O)[O-])cc2Cl)CC1. The van der Waals surface area contributed by atoms with Crippen LogP contribution in [0.2, 0.25) is 10.0 Å². The van der Waals surface area contributed by atoms with Gasteiger partial charge in [-0.1, -0.05) is 30.1 Å². The molecule has 1 aliphatic rings. The first kappa shape index (κ1) is 16.3. The molecule has 0 amide bonds. The van der Waals surface area contributed by atoms with Gasteiger partial charge in [-0.05, 0) is 31.6 Å². The molecule has 0 atom stereocenters. The zero-order valence-corrected chi connectivity index (χ0v) is 13.2. The molecule has 0 bridgehead atoms. The number of nitro groups is 1. The maximum atomic E-state index is 10.7. The third-order valence-electron chi connectivity index (χ3n) is 4.04. The molecule has 0 aliphatic heterocycles. The Morgan fingerprint density at radius 1 is 1.38 bits per heavy atom. The van der Waals surface area contributed by atoms with Gasteiger partial charge in [0.15, 0.2) is 0 Å². The highest BCUT2D eigenvalue weighted by Crippen LogP contribution is 2.37. The monoisotopic (exact) mass is 332 g/mol. The van der Waals surface area contributed by atoms with E-state index in [2.05, 4.69) is 12.2 Å². The van der Waals surface area contributed by atoms with Crippen LogP contribution in [0.4, 0.5) is 11.4 Å². The van der Waals surface area contributed by atoms with Gasteiger partial charge in [0.2, 0.25) is 0 Å². The lowest BCUT2D eigenvalue weighted by atomic mass is 9.79. The van der Waals surface area contributed by atoms with Crippen molar-refractivity contribution in [1.29, 1.82) is 0 Å². The highest BCUT2D eigenvalue weighted by Gasteiger charge is 2.32. The highest BCUT2D eigenvalue weighted by atomic mass is 35.5. The molecule has 0 unspecified atom stereocenters. The van der Waals surface area contributed by atoms with Crippen LogP contribution in [0.15, 0.2) is 12.1 Å². The first-order valence-corrected chi connectivity index (χ1v) is 7.66. The summed E-state index contributed by atoms with van der Waals surface area (Å²) >= 11 is 12.1. The summed E-state index contributed by atoms with van der Waals surface area (Å²) in [5, 5.41) is 24.7. The molecule has 7 heteroatoms. The van der Waals surface area contributed by atoms with Crippen LogP contribution in [0.3, 0.4) is 0 Å². The fourth-order valence-corrected chi connectivity index (χ4v) is 3.17. The fourth-order valence-electron chi connectivity index (χ4n) is 2.56. The molecule has 1 aromatic carbocycles. The van der Waals surface area contributed by atoms with E-state index >= 15 is 0 Å². The summed E-state index contributed by atoms with van der Waals surface area (Å²) in [5.41, 5.74) is -0.502. The number of halogens is 2. The average molecular weight is 333 g/mol. The topological polar surface area (TPSA) is 75.4 Å². The standard InChI is InChI=1S/C14H18Cl2N2O3/c1-9-2-4-14(19,5-3-9)8-17-13-11(15)6-10(18(20)21)7-12(13)16/h6-7,9,17,19H,2-5,8H2,1H3. The smallest absolute Gasteiger partial charge is 0.272 e. The summed E-state index contributed by atoms with van der Waals surface area (Å²) in [6, 6.07) is 2.51. The van der Waals surface area contributed by atoms with Gasteiger partial charge in [0, 0.05) is 18.7 Å². The number of non-ortho nitro benzene ring substituents is 1. The number of anilines is 1. The Morgan fingerprint density at radius 3 is 2.38 bits per heavy atom. The van der Waals surface area contributed by atoms with Crippen molar-refractivity contribution in [2.24, 2.45) is 5.92 Å².